The molecule has 7 heavy (non-hydrogen) atoms. The Morgan fingerprint density at radius 3 is 2.43 bits per heavy atom. The van der Waals surface area contributed by atoms with Gasteiger partial charge in [0, 0.05) is 6.42 Å². The second kappa shape index (κ2) is 1.80. The van der Waals surface area contributed by atoms with Crippen LogP contribution in [0.25, 0.3) is 0 Å². The first-order valence-electron chi connectivity index (χ1n) is 2.62. The van der Waals surface area contributed by atoms with Crippen LogP contribution >= 0.6 is 0 Å². The molecular formula is C5H10O2. The number of aliphatic hydroxyl groups excluding tert-OH is 1. The first-order chi connectivity index (χ1) is 3.29. The largest absolute Gasteiger partial charge is 0.368 e. The molecule has 1 fully saturated rings. The lowest BCUT2D eigenvalue weighted by Gasteiger charge is -2.00. The van der Waals surface area contributed by atoms with Gasteiger partial charge in [-0.05, 0) is 13.3 Å². The summed E-state index contributed by atoms with van der Waals surface area (Å²) in [5.41, 5.74) is 0. The molecule has 42 valence electrons. The summed E-state index contributed by atoms with van der Waals surface area (Å²) in [6.07, 6.45) is 1.60. The monoisotopic (exact) mass is 102 g/mol. The third-order valence-electron chi connectivity index (χ3n) is 1.21. The number of rotatable bonds is 0. The predicted octanol–water partition coefficient (Wildman–Crippen LogP) is 0.504. The van der Waals surface area contributed by atoms with Gasteiger partial charge in [0.15, 0.2) is 6.29 Å². The summed E-state index contributed by atoms with van der Waals surface area (Å²) < 4.78 is 4.92. The second-order valence-corrected chi connectivity index (χ2v) is 1.98. The molecule has 2 atom stereocenters. The fraction of sp³-hybridized carbons (Fsp3) is 1.00. The minimum absolute atomic E-state index is 0.273. The molecule has 0 bridgehead atoms. The minimum atomic E-state index is -0.477. The van der Waals surface area contributed by atoms with Crippen molar-refractivity contribution in [3.63, 3.8) is 0 Å². The van der Waals surface area contributed by atoms with E-state index < -0.39 is 6.29 Å². The van der Waals surface area contributed by atoms with Crippen LogP contribution in [0.5, 0.6) is 0 Å². The third kappa shape index (κ3) is 1.14. The van der Waals surface area contributed by atoms with Crippen molar-refractivity contribution in [2.24, 2.45) is 0 Å². The maximum absolute atomic E-state index is 8.68. The van der Waals surface area contributed by atoms with Crippen molar-refractivity contribution in [1.29, 1.82) is 0 Å². The first kappa shape index (κ1) is 5.06. The third-order valence-corrected chi connectivity index (χ3v) is 1.21. The van der Waals surface area contributed by atoms with E-state index in [1.54, 1.807) is 0 Å². The summed E-state index contributed by atoms with van der Waals surface area (Å²) in [4.78, 5) is 0. The average molecular weight is 102 g/mol. The van der Waals surface area contributed by atoms with Gasteiger partial charge in [-0.25, -0.2) is 0 Å². The Morgan fingerprint density at radius 2 is 2.29 bits per heavy atom. The maximum atomic E-state index is 8.68. The number of aliphatic hydroxyl groups is 1. The summed E-state index contributed by atoms with van der Waals surface area (Å²) in [6.45, 7) is 1.97. The Bertz CT molecular complexity index is 55.1. The van der Waals surface area contributed by atoms with Crippen LogP contribution in [0.2, 0.25) is 0 Å². The highest BCUT2D eigenvalue weighted by molar-refractivity contribution is 4.60. The average Bonchev–Trinajstić information content (AvgIpc) is 1.87. The summed E-state index contributed by atoms with van der Waals surface area (Å²) >= 11 is 0. The fourth-order valence-corrected chi connectivity index (χ4v) is 0.782. The van der Waals surface area contributed by atoms with Gasteiger partial charge < -0.3 is 9.84 Å². The van der Waals surface area contributed by atoms with Gasteiger partial charge in [-0.2, -0.15) is 0 Å². The number of hydrogen-bond acceptors (Lipinski definition) is 2. The highest BCUT2D eigenvalue weighted by Gasteiger charge is 2.17. The van der Waals surface area contributed by atoms with Crippen molar-refractivity contribution < 1.29 is 9.84 Å². The molecule has 1 rings (SSSR count). The Kier molecular flexibility index (Phi) is 1.30. The minimum Gasteiger partial charge on any atom is -0.368 e. The molecule has 0 saturated carbocycles. The van der Waals surface area contributed by atoms with E-state index in [4.69, 9.17) is 9.84 Å². The van der Waals surface area contributed by atoms with Gasteiger partial charge in [0.2, 0.25) is 0 Å². The normalized spacial score (nSPS) is 42.0. The van der Waals surface area contributed by atoms with Crippen LogP contribution in [0.1, 0.15) is 19.8 Å². The molecule has 2 heteroatoms. The van der Waals surface area contributed by atoms with Crippen LogP contribution in [-0.4, -0.2) is 17.5 Å². The SMILES string of the molecule is C[C@@H]1CC[C@@H](O)O1. The summed E-state index contributed by atoms with van der Waals surface area (Å²) in [7, 11) is 0. The van der Waals surface area contributed by atoms with Gasteiger partial charge in [0.25, 0.3) is 0 Å². The molecule has 0 aromatic carbocycles. The first-order valence-corrected chi connectivity index (χ1v) is 2.62. The van der Waals surface area contributed by atoms with Crippen LogP contribution in [0.3, 0.4) is 0 Å². The predicted molar refractivity (Wildman–Crippen MR) is 25.8 cm³/mol. The van der Waals surface area contributed by atoms with Gasteiger partial charge >= 0.3 is 0 Å². The van der Waals surface area contributed by atoms with Crippen molar-refractivity contribution in [2.45, 2.75) is 32.2 Å². The lowest BCUT2D eigenvalue weighted by atomic mass is 10.3. The molecule has 1 heterocycles. The molecule has 1 aliphatic heterocycles. The molecule has 1 aliphatic rings. The van der Waals surface area contributed by atoms with Gasteiger partial charge in [-0.15, -0.1) is 0 Å². The molecule has 0 aliphatic carbocycles. The molecular weight excluding hydrogens is 92.1 g/mol. The quantitative estimate of drug-likeness (QED) is 0.482. The van der Waals surface area contributed by atoms with Crippen molar-refractivity contribution in [3.8, 4) is 0 Å². The van der Waals surface area contributed by atoms with E-state index in [1.165, 1.54) is 0 Å². The van der Waals surface area contributed by atoms with E-state index in [0.29, 0.717) is 0 Å². The highest BCUT2D eigenvalue weighted by atomic mass is 16.6. The van der Waals surface area contributed by atoms with Crippen molar-refractivity contribution in [2.75, 3.05) is 0 Å². The molecule has 2 nitrogen and oxygen atoms in total. The Balaban J connectivity index is 2.26. The van der Waals surface area contributed by atoms with Gasteiger partial charge in [0.1, 0.15) is 0 Å². The van der Waals surface area contributed by atoms with Crippen LogP contribution < -0.4 is 0 Å². The van der Waals surface area contributed by atoms with Gasteiger partial charge in [-0.1, -0.05) is 0 Å². The molecule has 1 N–H and O–H groups in total. The number of hydrogen-bond donors (Lipinski definition) is 1. The van der Waals surface area contributed by atoms with Crippen LogP contribution in [0.4, 0.5) is 0 Å². The van der Waals surface area contributed by atoms with Gasteiger partial charge in [-0.3, -0.25) is 0 Å². The lowest BCUT2D eigenvalue weighted by Crippen LogP contribution is -2.05. The lowest BCUT2D eigenvalue weighted by molar-refractivity contribution is -0.0849. The zero-order valence-electron chi connectivity index (χ0n) is 4.42. The maximum Gasteiger partial charge on any atom is 0.154 e. The fourth-order valence-electron chi connectivity index (χ4n) is 0.782. The Hall–Kier alpha value is -0.0800. The van der Waals surface area contributed by atoms with Crippen molar-refractivity contribution in [3.05, 3.63) is 0 Å². The molecule has 0 aromatic rings. The van der Waals surface area contributed by atoms with Crippen LogP contribution in [0, 0.1) is 0 Å². The zero-order chi connectivity index (χ0) is 5.28. The highest BCUT2D eigenvalue weighted by Crippen LogP contribution is 2.15. The molecule has 0 amide bonds. The number of ether oxygens (including phenoxy) is 1. The van der Waals surface area contributed by atoms with Crippen LogP contribution in [0.15, 0.2) is 0 Å². The van der Waals surface area contributed by atoms with E-state index in [-0.39, 0.29) is 6.10 Å². The molecule has 1 saturated heterocycles. The topological polar surface area (TPSA) is 29.5 Å². The Morgan fingerprint density at radius 1 is 1.57 bits per heavy atom. The Labute approximate surface area is 43.1 Å². The van der Waals surface area contributed by atoms with Gasteiger partial charge in [0.05, 0.1) is 6.10 Å². The van der Waals surface area contributed by atoms with E-state index in [0.717, 1.165) is 12.8 Å². The summed E-state index contributed by atoms with van der Waals surface area (Å²) in [5, 5.41) is 8.68. The summed E-state index contributed by atoms with van der Waals surface area (Å²) in [6, 6.07) is 0. The van der Waals surface area contributed by atoms with E-state index >= 15 is 0 Å². The van der Waals surface area contributed by atoms with E-state index in [1.807, 2.05) is 6.92 Å². The molecule has 0 radical (unpaired) electrons. The van der Waals surface area contributed by atoms with Crippen molar-refractivity contribution in [1.82, 2.24) is 0 Å². The summed E-state index contributed by atoms with van der Waals surface area (Å²) in [5.74, 6) is 0. The van der Waals surface area contributed by atoms with Crippen molar-refractivity contribution >= 4 is 0 Å². The zero-order valence-corrected chi connectivity index (χ0v) is 4.42. The smallest absolute Gasteiger partial charge is 0.154 e. The molecule has 0 aromatic heterocycles. The van der Waals surface area contributed by atoms with E-state index in [2.05, 4.69) is 0 Å². The van der Waals surface area contributed by atoms with Crippen LogP contribution in [-0.2, 0) is 4.74 Å². The standard InChI is InChI=1S/C5H10O2/c1-4-2-3-5(6)7-4/h4-6H,2-3H2,1H3/t4-,5+/m1/s1. The second-order valence-electron chi connectivity index (χ2n) is 1.98. The van der Waals surface area contributed by atoms with E-state index in [9.17, 15) is 0 Å². The molecule has 0 spiro atoms. The molecule has 0 unspecified atom stereocenters.